The van der Waals surface area contributed by atoms with E-state index < -0.39 is 17.1 Å². The third-order valence-corrected chi connectivity index (χ3v) is 8.82. The summed E-state index contributed by atoms with van der Waals surface area (Å²) < 4.78 is 10.9. The Morgan fingerprint density at radius 2 is 1.65 bits per heavy atom. The van der Waals surface area contributed by atoms with E-state index in [2.05, 4.69) is 10.6 Å². The van der Waals surface area contributed by atoms with Crippen LogP contribution < -0.4 is 25.0 Å². The van der Waals surface area contributed by atoms with Crippen molar-refractivity contribution in [2.24, 2.45) is 0 Å². The second-order valence-electron chi connectivity index (χ2n) is 9.92. The topological polar surface area (TPSA) is 114 Å². The van der Waals surface area contributed by atoms with Gasteiger partial charge in [-0.25, -0.2) is 4.90 Å². The quantitative estimate of drug-likeness (QED) is 0.140. The lowest BCUT2D eigenvalue weighted by molar-refractivity contribution is -0.121. The number of nitrogens with one attached hydrogen (secondary N) is 2. The molecule has 0 spiro atoms. The zero-order valence-corrected chi connectivity index (χ0v) is 26.9. The first-order valence-corrected chi connectivity index (χ1v) is 15.5. The van der Waals surface area contributed by atoms with E-state index in [1.807, 2.05) is 0 Å². The maximum Gasteiger partial charge on any atom is 0.272 e. The van der Waals surface area contributed by atoms with Crippen LogP contribution in [0.4, 0.5) is 11.4 Å². The monoisotopic (exact) mass is 675 g/mol. The number of rotatable bonds is 10. The third kappa shape index (κ3) is 7.37. The fourth-order valence-corrected chi connectivity index (χ4v) is 6.13. The molecule has 4 amide bonds. The van der Waals surface area contributed by atoms with Gasteiger partial charge in [-0.05, 0) is 60.7 Å². The number of carbonyl (C=O) groups excluding carboxylic acids is 4. The first-order chi connectivity index (χ1) is 22.2. The molecule has 0 bridgehead atoms. The Bertz CT molecular complexity index is 1850. The van der Waals surface area contributed by atoms with E-state index in [4.69, 9.17) is 32.7 Å². The first-order valence-electron chi connectivity index (χ1n) is 13.9. The summed E-state index contributed by atoms with van der Waals surface area (Å²) in [5.41, 5.74) is 1.57. The van der Waals surface area contributed by atoms with Crippen molar-refractivity contribution in [2.75, 3.05) is 24.4 Å². The van der Waals surface area contributed by atoms with Crippen LogP contribution in [0.1, 0.15) is 22.3 Å². The van der Waals surface area contributed by atoms with Gasteiger partial charge in [0.15, 0.2) is 11.5 Å². The van der Waals surface area contributed by atoms with Gasteiger partial charge in [0.2, 0.25) is 11.8 Å². The third-order valence-electron chi connectivity index (χ3n) is 6.90. The number of amides is 4. The van der Waals surface area contributed by atoms with Crippen molar-refractivity contribution in [2.45, 2.75) is 16.6 Å². The average molecular weight is 677 g/mol. The van der Waals surface area contributed by atoms with Crippen LogP contribution in [-0.4, -0.2) is 43.1 Å². The molecule has 234 valence electrons. The summed E-state index contributed by atoms with van der Waals surface area (Å²) in [5, 5.41) is 5.39. The molecule has 1 unspecified atom stereocenters. The van der Waals surface area contributed by atoms with Gasteiger partial charge in [0, 0.05) is 28.1 Å². The lowest BCUT2D eigenvalue weighted by Crippen LogP contribution is -2.31. The number of carbonyl (C=O) groups is 4. The summed E-state index contributed by atoms with van der Waals surface area (Å²) in [6, 6.07) is 25.1. The average Bonchev–Trinajstić information content (AvgIpc) is 3.33. The van der Waals surface area contributed by atoms with Gasteiger partial charge in [-0.1, -0.05) is 59.6 Å². The lowest BCUT2D eigenvalue weighted by atomic mass is 10.1. The molecular formula is C34H27Cl2N3O6S. The second-order valence-corrected chi connectivity index (χ2v) is 12.0. The highest BCUT2D eigenvalue weighted by molar-refractivity contribution is 8.00. The number of hydrogen-bond donors (Lipinski definition) is 2. The number of benzene rings is 4. The van der Waals surface area contributed by atoms with Gasteiger partial charge in [-0.2, -0.15) is 0 Å². The number of methoxy groups -OCH3 is 2. The summed E-state index contributed by atoms with van der Waals surface area (Å²) in [6.07, 6.45) is 1.48. The van der Waals surface area contributed by atoms with E-state index >= 15 is 0 Å². The van der Waals surface area contributed by atoms with Crippen LogP contribution in [0.2, 0.25) is 10.0 Å². The van der Waals surface area contributed by atoms with Crippen molar-refractivity contribution in [3.63, 3.8) is 0 Å². The molecule has 0 aliphatic carbocycles. The molecule has 1 heterocycles. The number of ether oxygens (including phenoxy) is 2. The molecular weight excluding hydrogens is 649 g/mol. The van der Waals surface area contributed by atoms with Crippen LogP contribution >= 0.6 is 35.0 Å². The number of thioether (sulfide) groups is 1. The van der Waals surface area contributed by atoms with E-state index in [1.54, 1.807) is 78.9 Å². The summed E-state index contributed by atoms with van der Waals surface area (Å²) in [5.74, 6) is -0.995. The summed E-state index contributed by atoms with van der Waals surface area (Å²) in [6.45, 7) is 0. The van der Waals surface area contributed by atoms with Crippen molar-refractivity contribution in [3.8, 4) is 11.5 Å². The largest absolute Gasteiger partial charge is 0.493 e. The van der Waals surface area contributed by atoms with Gasteiger partial charge in [0.1, 0.15) is 5.70 Å². The molecule has 1 aliphatic heterocycles. The Morgan fingerprint density at radius 3 is 2.37 bits per heavy atom. The number of hydrogen-bond acceptors (Lipinski definition) is 7. The molecule has 0 radical (unpaired) electrons. The van der Waals surface area contributed by atoms with Gasteiger partial charge in [0.25, 0.3) is 11.8 Å². The number of imide groups is 1. The highest BCUT2D eigenvalue weighted by atomic mass is 35.5. The zero-order valence-electron chi connectivity index (χ0n) is 24.6. The van der Waals surface area contributed by atoms with Crippen LogP contribution in [0.5, 0.6) is 11.5 Å². The van der Waals surface area contributed by atoms with E-state index in [0.717, 1.165) is 4.90 Å². The predicted octanol–water partition coefficient (Wildman–Crippen LogP) is 6.84. The van der Waals surface area contributed by atoms with Gasteiger partial charge in [0.05, 0.1) is 35.2 Å². The molecule has 5 rings (SSSR count). The van der Waals surface area contributed by atoms with Crippen molar-refractivity contribution in [1.82, 2.24) is 5.32 Å². The lowest BCUT2D eigenvalue weighted by Gasteiger charge is -2.16. The highest BCUT2D eigenvalue weighted by Crippen LogP contribution is 2.37. The molecule has 1 fully saturated rings. The summed E-state index contributed by atoms with van der Waals surface area (Å²) in [7, 11) is 2.98. The molecule has 0 saturated carbocycles. The minimum absolute atomic E-state index is 0.0128. The number of halogens is 2. The minimum atomic E-state index is -0.686. The normalized spacial score (nSPS) is 14.7. The van der Waals surface area contributed by atoms with Crippen molar-refractivity contribution < 1.29 is 28.7 Å². The van der Waals surface area contributed by atoms with Crippen LogP contribution in [-0.2, 0) is 14.4 Å². The van der Waals surface area contributed by atoms with E-state index in [0.29, 0.717) is 43.9 Å². The SMILES string of the molecule is COc1cccc(C=C(NC(=O)c2ccccc2)C(=O)Nc2cccc(SC3CC(=O)N(c4ccc(Cl)c(Cl)c4)C3=O)c2)c1OC. The Balaban J connectivity index is 1.37. The standard InChI is InChI=1S/C34H27Cl2N3O6S/c1-44-28-13-6-10-21(31(28)45-2)16-27(38-32(41)20-8-4-3-5-9-20)33(42)37-22-11-7-12-24(17-22)46-29-19-30(40)39(34(29)43)23-14-15-25(35)26(36)18-23/h3-18,29H,19H2,1-2H3,(H,37,42)(H,38,41). The van der Waals surface area contributed by atoms with Crippen LogP contribution in [0.15, 0.2) is 102 Å². The molecule has 12 heteroatoms. The Hall–Kier alpha value is -4.77. The van der Waals surface area contributed by atoms with Gasteiger partial charge in [-0.15, -0.1) is 11.8 Å². The van der Waals surface area contributed by atoms with Crippen molar-refractivity contribution >= 4 is 76.0 Å². The van der Waals surface area contributed by atoms with E-state index in [9.17, 15) is 19.2 Å². The first kappa shape index (κ1) is 32.6. The maximum atomic E-state index is 13.6. The molecule has 46 heavy (non-hydrogen) atoms. The van der Waals surface area contributed by atoms with Crippen molar-refractivity contribution in [1.29, 1.82) is 0 Å². The van der Waals surface area contributed by atoms with Crippen LogP contribution in [0.25, 0.3) is 6.08 Å². The maximum absolute atomic E-state index is 13.6. The molecule has 4 aromatic carbocycles. The summed E-state index contributed by atoms with van der Waals surface area (Å²) >= 11 is 13.3. The highest BCUT2D eigenvalue weighted by Gasteiger charge is 2.40. The fourth-order valence-electron chi connectivity index (χ4n) is 4.72. The van der Waals surface area contributed by atoms with Gasteiger partial charge in [-0.3, -0.25) is 19.2 Å². The van der Waals surface area contributed by atoms with Crippen molar-refractivity contribution in [3.05, 3.63) is 118 Å². The minimum Gasteiger partial charge on any atom is -0.493 e. The summed E-state index contributed by atoms with van der Waals surface area (Å²) in [4.78, 5) is 54.5. The molecule has 9 nitrogen and oxygen atoms in total. The Morgan fingerprint density at radius 1 is 0.891 bits per heavy atom. The molecule has 1 atom stereocenters. The molecule has 2 N–H and O–H groups in total. The smallest absolute Gasteiger partial charge is 0.272 e. The Labute approximate surface area is 279 Å². The number of para-hydroxylation sites is 1. The van der Waals surface area contributed by atoms with Crippen LogP contribution in [0, 0.1) is 0 Å². The van der Waals surface area contributed by atoms with E-state index in [1.165, 1.54) is 44.2 Å². The number of anilines is 2. The molecule has 0 aromatic heterocycles. The van der Waals surface area contributed by atoms with Crippen LogP contribution in [0.3, 0.4) is 0 Å². The Kier molecular flexibility index (Phi) is 10.3. The van der Waals surface area contributed by atoms with Gasteiger partial charge >= 0.3 is 0 Å². The molecule has 4 aromatic rings. The van der Waals surface area contributed by atoms with Gasteiger partial charge < -0.3 is 20.1 Å². The van der Waals surface area contributed by atoms with E-state index in [-0.39, 0.29) is 29.0 Å². The molecule has 1 aliphatic rings. The fraction of sp³-hybridized carbons (Fsp3) is 0.118. The number of nitrogens with zero attached hydrogens (tertiary/aromatic N) is 1. The molecule has 1 saturated heterocycles. The second kappa shape index (κ2) is 14.6. The predicted molar refractivity (Wildman–Crippen MR) is 180 cm³/mol. The zero-order chi connectivity index (χ0) is 32.8.